The van der Waals surface area contributed by atoms with Crippen molar-refractivity contribution in [2.45, 2.75) is 72.4 Å². The van der Waals surface area contributed by atoms with Crippen molar-refractivity contribution in [1.82, 2.24) is 10.6 Å². The zero-order valence-electron chi connectivity index (χ0n) is 23.7. The SMILES string of the molecule is CCOC(=O)CC(CC(C)C)C(=O)N[C@@H](Cc1ccc(-c2ccccc2)cc1)C(=O)N[C@H](C(N)=O)[C@@H](C)CC. The lowest BCUT2D eigenvalue weighted by atomic mass is 9.92. The lowest BCUT2D eigenvalue weighted by Crippen LogP contribution is -2.56. The van der Waals surface area contributed by atoms with Gasteiger partial charge in [0.2, 0.25) is 17.7 Å². The van der Waals surface area contributed by atoms with E-state index < -0.39 is 41.7 Å². The Balaban J connectivity index is 2.30. The van der Waals surface area contributed by atoms with Gasteiger partial charge < -0.3 is 21.1 Å². The smallest absolute Gasteiger partial charge is 0.306 e. The molecule has 39 heavy (non-hydrogen) atoms. The first-order valence-electron chi connectivity index (χ1n) is 13.8. The predicted octanol–water partition coefficient (Wildman–Crippen LogP) is 4.01. The van der Waals surface area contributed by atoms with E-state index in [1.165, 1.54) is 0 Å². The molecule has 8 heteroatoms. The molecule has 0 saturated heterocycles. The average Bonchev–Trinajstić information content (AvgIpc) is 2.91. The maximum Gasteiger partial charge on any atom is 0.306 e. The van der Waals surface area contributed by atoms with Crippen molar-refractivity contribution < 1.29 is 23.9 Å². The summed E-state index contributed by atoms with van der Waals surface area (Å²) in [4.78, 5) is 51.1. The van der Waals surface area contributed by atoms with Gasteiger partial charge >= 0.3 is 5.97 Å². The molecule has 0 aromatic heterocycles. The summed E-state index contributed by atoms with van der Waals surface area (Å²) in [5, 5.41) is 5.61. The third kappa shape index (κ3) is 10.2. The van der Waals surface area contributed by atoms with Crippen molar-refractivity contribution in [3.8, 4) is 11.1 Å². The summed E-state index contributed by atoms with van der Waals surface area (Å²) in [6, 6.07) is 15.9. The molecule has 1 unspecified atom stereocenters. The monoisotopic (exact) mass is 537 g/mol. The molecular weight excluding hydrogens is 494 g/mol. The highest BCUT2D eigenvalue weighted by atomic mass is 16.5. The first-order chi connectivity index (χ1) is 18.5. The van der Waals surface area contributed by atoms with E-state index in [1.807, 2.05) is 82.3 Å². The molecule has 0 radical (unpaired) electrons. The summed E-state index contributed by atoms with van der Waals surface area (Å²) in [5.41, 5.74) is 8.51. The van der Waals surface area contributed by atoms with Crippen molar-refractivity contribution in [3.05, 3.63) is 60.2 Å². The van der Waals surface area contributed by atoms with Gasteiger partial charge in [0.05, 0.1) is 13.0 Å². The van der Waals surface area contributed by atoms with Gasteiger partial charge in [-0.1, -0.05) is 88.7 Å². The highest BCUT2D eigenvalue weighted by molar-refractivity contribution is 5.93. The molecule has 4 atom stereocenters. The predicted molar refractivity (Wildman–Crippen MR) is 152 cm³/mol. The van der Waals surface area contributed by atoms with E-state index in [2.05, 4.69) is 10.6 Å². The fourth-order valence-electron chi connectivity index (χ4n) is 4.46. The second kappa shape index (κ2) is 15.7. The van der Waals surface area contributed by atoms with E-state index in [9.17, 15) is 19.2 Å². The Morgan fingerprint density at radius 3 is 2.00 bits per heavy atom. The molecule has 0 spiro atoms. The Morgan fingerprint density at radius 2 is 1.46 bits per heavy atom. The molecule has 0 heterocycles. The fraction of sp³-hybridized carbons (Fsp3) is 0.484. The van der Waals surface area contributed by atoms with Crippen molar-refractivity contribution in [3.63, 3.8) is 0 Å². The number of carbonyl (C=O) groups excluding carboxylic acids is 4. The molecular formula is C31H43N3O5. The van der Waals surface area contributed by atoms with E-state index >= 15 is 0 Å². The van der Waals surface area contributed by atoms with E-state index in [1.54, 1.807) is 6.92 Å². The summed E-state index contributed by atoms with van der Waals surface area (Å²) < 4.78 is 5.07. The number of hydrogen-bond donors (Lipinski definition) is 3. The Labute approximate surface area is 232 Å². The zero-order chi connectivity index (χ0) is 28.9. The zero-order valence-corrected chi connectivity index (χ0v) is 23.7. The van der Waals surface area contributed by atoms with Crippen molar-refractivity contribution in [2.75, 3.05) is 6.61 Å². The lowest BCUT2D eigenvalue weighted by Gasteiger charge is -2.26. The van der Waals surface area contributed by atoms with Crippen LogP contribution >= 0.6 is 0 Å². The average molecular weight is 538 g/mol. The van der Waals surface area contributed by atoms with Crippen LogP contribution in [0.25, 0.3) is 11.1 Å². The molecule has 8 nitrogen and oxygen atoms in total. The van der Waals surface area contributed by atoms with E-state index in [0.717, 1.165) is 16.7 Å². The summed E-state index contributed by atoms with van der Waals surface area (Å²) in [5.74, 6) is -2.67. The molecule has 2 aromatic carbocycles. The lowest BCUT2D eigenvalue weighted by molar-refractivity contribution is -0.147. The van der Waals surface area contributed by atoms with Crippen LogP contribution in [-0.2, 0) is 30.3 Å². The Kier molecular flexibility index (Phi) is 12.7. The number of amides is 3. The molecule has 0 saturated carbocycles. The molecule has 0 fully saturated rings. The molecule has 3 amide bonds. The summed E-state index contributed by atoms with van der Waals surface area (Å²) in [6.45, 7) is 9.62. The highest BCUT2D eigenvalue weighted by Crippen LogP contribution is 2.21. The van der Waals surface area contributed by atoms with Crippen LogP contribution in [0, 0.1) is 17.8 Å². The quantitative estimate of drug-likeness (QED) is 0.296. The van der Waals surface area contributed by atoms with Crippen molar-refractivity contribution >= 4 is 23.7 Å². The molecule has 212 valence electrons. The topological polar surface area (TPSA) is 128 Å². The summed E-state index contributed by atoms with van der Waals surface area (Å²) in [6.07, 6.45) is 1.23. The summed E-state index contributed by atoms with van der Waals surface area (Å²) in [7, 11) is 0. The minimum Gasteiger partial charge on any atom is -0.466 e. The maximum absolute atomic E-state index is 13.5. The van der Waals surface area contributed by atoms with Crippen LogP contribution < -0.4 is 16.4 Å². The van der Waals surface area contributed by atoms with Gasteiger partial charge in [0.25, 0.3) is 0 Å². The van der Waals surface area contributed by atoms with Crippen LogP contribution in [0.3, 0.4) is 0 Å². The van der Waals surface area contributed by atoms with Gasteiger partial charge in [0, 0.05) is 12.3 Å². The van der Waals surface area contributed by atoms with Crippen LogP contribution in [0.4, 0.5) is 0 Å². The first kappa shape index (κ1) is 31.5. The van der Waals surface area contributed by atoms with Crippen molar-refractivity contribution in [1.29, 1.82) is 0 Å². The molecule has 2 rings (SSSR count). The molecule has 4 N–H and O–H groups in total. The Morgan fingerprint density at radius 1 is 0.846 bits per heavy atom. The van der Waals surface area contributed by atoms with Crippen LogP contribution in [0.15, 0.2) is 54.6 Å². The van der Waals surface area contributed by atoms with Gasteiger partial charge in [-0.05, 0) is 41.9 Å². The second-order valence-electron chi connectivity index (χ2n) is 10.4. The Bertz CT molecular complexity index is 1090. The van der Waals surface area contributed by atoms with E-state index in [4.69, 9.17) is 10.5 Å². The van der Waals surface area contributed by atoms with Gasteiger partial charge in [-0.3, -0.25) is 19.2 Å². The standard InChI is InChI=1S/C31H43N3O5/c1-6-21(5)28(29(32)36)34-31(38)26(33-30(37)25(17-20(3)4)19-27(35)39-7-2)18-22-13-15-24(16-14-22)23-11-9-8-10-12-23/h8-16,20-21,25-26,28H,6-7,17-19H2,1-5H3,(H2,32,36)(H,33,37)(H,34,38)/t21-,25?,26-,28-/m0/s1. The normalized spacial score (nSPS) is 14.1. The first-order valence-corrected chi connectivity index (χ1v) is 13.8. The molecule has 2 aromatic rings. The maximum atomic E-state index is 13.5. The van der Waals surface area contributed by atoms with Gasteiger partial charge in [-0.2, -0.15) is 0 Å². The molecule has 0 aliphatic heterocycles. The highest BCUT2D eigenvalue weighted by Gasteiger charge is 2.31. The molecule has 0 aliphatic rings. The van der Waals surface area contributed by atoms with Gasteiger partial charge in [-0.25, -0.2) is 0 Å². The van der Waals surface area contributed by atoms with Gasteiger partial charge in [-0.15, -0.1) is 0 Å². The number of nitrogens with two attached hydrogens (primary N) is 1. The minimum absolute atomic E-state index is 0.0747. The van der Waals surface area contributed by atoms with Crippen LogP contribution in [0.2, 0.25) is 0 Å². The third-order valence-electron chi connectivity index (χ3n) is 6.80. The van der Waals surface area contributed by atoms with E-state index in [0.29, 0.717) is 12.8 Å². The fourth-order valence-corrected chi connectivity index (χ4v) is 4.46. The number of primary amides is 1. The largest absolute Gasteiger partial charge is 0.466 e. The summed E-state index contributed by atoms with van der Waals surface area (Å²) >= 11 is 0. The number of ether oxygens (including phenoxy) is 1. The van der Waals surface area contributed by atoms with Crippen LogP contribution in [0.1, 0.15) is 59.4 Å². The van der Waals surface area contributed by atoms with E-state index in [-0.39, 0.29) is 31.3 Å². The van der Waals surface area contributed by atoms with Crippen LogP contribution in [-0.4, -0.2) is 42.4 Å². The van der Waals surface area contributed by atoms with Gasteiger partial charge in [0.15, 0.2) is 0 Å². The third-order valence-corrected chi connectivity index (χ3v) is 6.80. The number of nitrogens with one attached hydrogen (secondary N) is 2. The number of esters is 1. The number of benzene rings is 2. The number of hydrogen-bond acceptors (Lipinski definition) is 5. The number of carbonyl (C=O) groups is 4. The molecule has 0 bridgehead atoms. The van der Waals surface area contributed by atoms with Gasteiger partial charge in [0.1, 0.15) is 12.1 Å². The van der Waals surface area contributed by atoms with Crippen molar-refractivity contribution in [2.24, 2.45) is 23.5 Å². The minimum atomic E-state index is -0.970. The van der Waals surface area contributed by atoms with Crippen LogP contribution in [0.5, 0.6) is 0 Å². The second-order valence-corrected chi connectivity index (χ2v) is 10.4. The molecule has 0 aliphatic carbocycles. The number of rotatable bonds is 15. The Hall–Kier alpha value is -3.68.